The Labute approximate surface area is 111 Å². The molecule has 0 saturated heterocycles. The minimum absolute atomic E-state index is 0.248. The van der Waals surface area contributed by atoms with Gasteiger partial charge in [0.25, 0.3) is 0 Å². The van der Waals surface area contributed by atoms with Crippen molar-refractivity contribution in [3.05, 3.63) is 48.0 Å². The SMILES string of the molecule is O=C(O)c1ccc2c(c1)oc1c3ccccc3sc21. The summed E-state index contributed by atoms with van der Waals surface area (Å²) in [6.07, 6.45) is 0. The highest BCUT2D eigenvalue weighted by Crippen LogP contribution is 2.40. The molecular weight excluding hydrogens is 260 g/mol. The predicted octanol–water partition coefficient (Wildman–Crippen LogP) is 4.50. The molecule has 2 aromatic heterocycles. The first-order valence-electron chi connectivity index (χ1n) is 5.81. The molecule has 0 spiro atoms. The molecule has 3 nitrogen and oxygen atoms in total. The van der Waals surface area contributed by atoms with Crippen LogP contribution in [0.4, 0.5) is 0 Å². The zero-order valence-corrected chi connectivity index (χ0v) is 10.5. The Kier molecular flexibility index (Phi) is 2.00. The molecule has 0 radical (unpaired) electrons. The van der Waals surface area contributed by atoms with E-state index in [0.29, 0.717) is 5.58 Å². The maximum absolute atomic E-state index is 11.0. The molecular formula is C15H8O3S. The van der Waals surface area contributed by atoms with Gasteiger partial charge in [0.05, 0.1) is 10.3 Å². The number of rotatable bonds is 1. The molecule has 0 atom stereocenters. The summed E-state index contributed by atoms with van der Waals surface area (Å²) in [7, 11) is 0. The van der Waals surface area contributed by atoms with Crippen molar-refractivity contribution in [2.24, 2.45) is 0 Å². The van der Waals surface area contributed by atoms with E-state index in [1.165, 1.54) is 4.70 Å². The van der Waals surface area contributed by atoms with Crippen LogP contribution < -0.4 is 0 Å². The van der Waals surface area contributed by atoms with Crippen molar-refractivity contribution in [2.75, 3.05) is 0 Å². The number of aromatic carboxylic acids is 1. The van der Waals surface area contributed by atoms with Crippen LogP contribution in [0.15, 0.2) is 46.9 Å². The largest absolute Gasteiger partial charge is 0.478 e. The predicted molar refractivity (Wildman–Crippen MR) is 76.1 cm³/mol. The van der Waals surface area contributed by atoms with Gasteiger partial charge in [0.1, 0.15) is 5.58 Å². The summed E-state index contributed by atoms with van der Waals surface area (Å²) in [6, 6.07) is 13.1. The Morgan fingerprint density at radius 3 is 2.79 bits per heavy atom. The molecule has 4 heteroatoms. The van der Waals surface area contributed by atoms with Gasteiger partial charge in [-0.2, -0.15) is 0 Å². The molecule has 2 aromatic carbocycles. The lowest BCUT2D eigenvalue weighted by Crippen LogP contribution is -1.94. The summed E-state index contributed by atoms with van der Waals surface area (Å²) >= 11 is 1.67. The van der Waals surface area contributed by atoms with Crippen LogP contribution in [-0.2, 0) is 0 Å². The van der Waals surface area contributed by atoms with Crippen molar-refractivity contribution in [3.63, 3.8) is 0 Å². The van der Waals surface area contributed by atoms with Gasteiger partial charge in [-0.1, -0.05) is 12.1 Å². The first-order valence-corrected chi connectivity index (χ1v) is 6.63. The van der Waals surface area contributed by atoms with E-state index in [-0.39, 0.29) is 5.56 Å². The van der Waals surface area contributed by atoms with Crippen LogP contribution in [-0.4, -0.2) is 11.1 Å². The average Bonchev–Trinajstić information content (AvgIpc) is 2.93. The molecule has 0 fully saturated rings. The fourth-order valence-corrected chi connectivity index (χ4v) is 3.50. The van der Waals surface area contributed by atoms with Crippen molar-refractivity contribution < 1.29 is 14.3 Å². The Hall–Kier alpha value is -2.33. The van der Waals surface area contributed by atoms with Crippen LogP contribution in [0.1, 0.15) is 10.4 Å². The minimum atomic E-state index is -0.938. The number of hydrogen-bond acceptors (Lipinski definition) is 3. The van der Waals surface area contributed by atoms with Gasteiger partial charge in [-0.3, -0.25) is 0 Å². The Bertz CT molecular complexity index is 946. The van der Waals surface area contributed by atoms with Gasteiger partial charge in [-0.25, -0.2) is 4.79 Å². The molecule has 1 N–H and O–H groups in total. The van der Waals surface area contributed by atoms with Crippen LogP contribution in [0.3, 0.4) is 0 Å². The van der Waals surface area contributed by atoms with Crippen molar-refractivity contribution in [1.29, 1.82) is 0 Å². The Morgan fingerprint density at radius 2 is 1.95 bits per heavy atom. The maximum atomic E-state index is 11.0. The zero-order chi connectivity index (χ0) is 13.0. The summed E-state index contributed by atoms with van der Waals surface area (Å²) in [4.78, 5) is 11.0. The standard InChI is InChI=1S/C15H8O3S/c16-15(17)8-5-6-9-11(7-8)18-13-10-3-1-2-4-12(10)19-14(9)13/h1-7H,(H,16,17). The van der Waals surface area contributed by atoms with E-state index >= 15 is 0 Å². The monoisotopic (exact) mass is 268 g/mol. The van der Waals surface area contributed by atoms with Gasteiger partial charge in [0.15, 0.2) is 5.58 Å². The fraction of sp³-hybridized carbons (Fsp3) is 0. The zero-order valence-electron chi connectivity index (χ0n) is 9.71. The van der Waals surface area contributed by atoms with Gasteiger partial charge in [-0.15, -0.1) is 11.3 Å². The third kappa shape index (κ3) is 1.40. The van der Waals surface area contributed by atoms with Crippen LogP contribution in [0.2, 0.25) is 0 Å². The smallest absolute Gasteiger partial charge is 0.335 e. The molecule has 0 amide bonds. The summed E-state index contributed by atoms with van der Waals surface area (Å²) in [5, 5.41) is 11.1. The first kappa shape index (κ1) is 10.6. The average molecular weight is 268 g/mol. The van der Waals surface area contributed by atoms with E-state index in [0.717, 1.165) is 21.1 Å². The number of carboxylic acids is 1. The van der Waals surface area contributed by atoms with Crippen LogP contribution in [0, 0.1) is 0 Å². The molecule has 0 aliphatic carbocycles. The van der Waals surface area contributed by atoms with Crippen LogP contribution in [0.5, 0.6) is 0 Å². The lowest BCUT2D eigenvalue weighted by Gasteiger charge is -1.93. The highest BCUT2D eigenvalue weighted by molar-refractivity contribution is 7.26. The summed E-state index contributed by atoms with van der Waals surface area (Å²) in [6.45, 7) is 0. The summed E-state index contributed by atoms with van der Waals surface area (Å²) in [5.74, 6) is -0.938. The number of thiophene rings is 1. The van der Waals surface area contributed by atoms with E-state index in [1.54, 1.807) is 23.5 Å². The topological polar surface area (TPSA) is 50.4 Å². The molecule has 0 unspecified atom stereocenters. The summed E-state index contributed by atoms with van der Waals surface area (Å²) < 4.78 is 8.10. The Morgan fingerprint density at radius 1 is 1.11 bits per heavy atom. The molecule has 4 aromatic rings. The minimum Gasteiger partial charge on any atom is -0.478 e. The second kappa shape index (κ2) is 3.59. The van der Waals surface area contributed by atoms with Gasteiger partial charge < -0.3 is 9.52 Å². The molecule has 0 saturated carbocycles. The Balaban J connectivity index is 2.15. The van der Waals surface area contributed by atoms with Crippen molar-refractivity contribution in [1.82, 2.24) is 0 Å². The molecule has 0 aliphatic heterocycles. The summed E-state index contributed by atoms with van der Waals surface area (Å²) in [5.41, 5.74) is 1.73. The van der Waals surface area contributed by atoms with Crippen molar-refractivity contribution in [2.45, 2.75) is 0 Å². The number of carbonyl (C=O) groups is 1. The van der Waals surface area contributed by atoms with Gasteiger partial charge in [0, 0.05) is 15.5 Å². The lowest BCUT2D eigenvalue weighted by atomic mass is 10.1. The van der Waals surface area contributed by atoms with E-state index in [4.69, 9.17) is 9.52 Å². The normalized spacial score (nSPS) is 11.6. The number of fused-ring (bicyclic) bond motifs is 5. The van der Waals surface area contributed by atoms with E-state index in [2.05, 4.69) is 6.07 Å². The van der Waals surface area contributed by atoms with Gasteiger partial charge in [-0.05, 0) is 30.3 Å². The first-order chi connectivity index (χ1) is 9.24. The highest BCUT2D eigenvalue weighted by Gasteiger charge is 2.14. The quantitative estimate of drug-likeness (QED) is 0.553. The molecule has 4 rings (SSSR count). The van der Waals surface area contributed by atoms with E-state index in [9.17, 15) is 4.79 Å². The van der Waals surface area contributed by atoms with E-state index < -0.39 is 5.97 Å². The fourth-order valence-electron chi connectivity index (χ4n) is 2.34. The van der Waals surface area contributed by atoms with Gasteiger partial charge >= 0.3 is 5.97 Å². The number of carboxylic acid groups (broad SMARTS) is 1. The second-order valence-electron chi connectivity index (χ2n) is 4.37. The number of benzene rings is 2. The molecule has 19 heavy (non-hydrogen) atoms. The van der Waals surface area contributed by atoms with Crippen molar-refractivity contribution >= 4 is 48.6 Å². The van der Waals surface area contributed by atoms with Crippen LogP contribution >= 0.6 is 11.3 Å². The molecule has 92 valence electrons. The number of hydrogen-bond donors (Lipinski definition) is 1. The third-order valence-electron chi connectivity index (χ3n) is 3.24. The highest BCUT2D eigenvalue weighted by atomic mass is 32.1. The lowest BCUT2D eigenvalue weighted by molar-refractivity contribution is 0.0697. The molecule has 0 aliphatic rings. The van der Waals surface area contributed by atoms with Gasteiger partial charge in [0.2, 0.25) is 0 Å². The molecule has 2 heterocycles. The molecule has 0 bridgehead atoms. The van der Waals surface area contributed by atoms with E-state index in [1.807, 2.05) is 24.3 Å². The number of furan rings is 1. The maximum Gasteiger partial charge on any atom is 0.335 e. The third-order valence-corrected chi connectivity index (χ3v) is 4.42. The second-order valence-corrected chi connectivity index (χ2v) is 5.43. The van der Waals surface area contributed by atoms with Crippen LogP contribution in [0.25, 0.3) is 31.3 Å². The van der Waals surface area contributed by atoms with Crippen molar-refractivity contribution in [3.8, 4) is 0 Å².